The molecule has 29 heavy (non-hydrogen) atoms. The van der Waals surface area contributed by atoms with Gasteiger partial charge in [0.25, 0.3) is 5.56 Å². The Kier molecular flexibility index (Phi) is 4.88. The topological polar surface area (TPSA) is 72.2 Å². The molecular formula is C23H20N2O3S. The first-order valence-electron chi connectivity index (χ1n) is 9.35. The number of benzene rings is 3. The van der Waals surface area contributed by atoms with Gasteiger partial charge < -0.3 is 5.11 Å². The Labute approximate surface area is 172 Å². The van der Waals surface area contributed by atoms with Gasteiger partial charge in [-0.25, -0.2) is 4.98 Å². The lowest BCUT2D eigenvalue weighted by Crippen LogP contribution is -2.31. The van der Waals surface area contributed by atoms with Crippen molar-refractivity contribution in [2.24, 2.45) is 0 Å². The molecule has 0 aliphatic heterocycles. The van der Waals surface area contributed by atoms with E-state index in [1.165, 1.54) is 0 Å². The third-order valence-corrected chi connectivity index (χ3v) is 6.44. The van der Waals surface area contributed by atoms with E-state index in [1.807, 2.05) is 61.5 Å². The molecule has 5 nitrogen and oxygen atoms in total. The maximum absolute atomic E-state index is 13.2. The minimum atomic E-state index is -1.28. The SMILES string of the molecule is CCn1c(SC(C)(C(=O)O)c2ccccc2)nc2cc3ccccc3cc2c1=O. The molecule has 1 unspecified atom stereocenters. The first kappa shape index (κ1) is 19.2. The van der Waals surface area contributed by atoms with Gasteiger partial charge in [-0.2, -0.15) is 0 Å². The van der Waals surface area contributed by atoms with Crippen molar-refractivity contribution in [2.75, 3.05) is 0 Å². The van der Waals surface area contributed by atoms with Crippen LogP contribution in [0.5, 0.6) is 0 Å². The first-order valence-corrected chi connectivity index (χ1v) is 10.2. The quantitative estimate of drug-likeness (QED) is 0.297. The number of fused-ring (bicyclic) bond motifs is 2. The van der Waals surface area contributed by atoms with Crippen molar-refractivity contribution in [3.8, 4) is 0 Å². The van der Waals surface area contributed by atoms with Crippen LogP contribution in [0.2, 0.25) is 0 Å². The van der Waals surface area contributed by atoms with E-state index in [1.54, 1.807) is 23.6 Å². The molecule has 0 bridgehead atoms. The molecule has 4 rings (SSSR count). The summed E-state index contributed by atoms with van der Waals surface area (Å²) in [6.45, 7) is 3.91. The van der Waals surface area contributed by atoms with E-state index in [0.29, 0.717) is 28.2 Å². The van der Waals surface area contributed by atoms with Crippen LogP contribution >= 0.6 is 11.8 Å². The molecule has 0 spiro atoms. The zero-order valence-corrected chi connectivity index (χ0v) is 16.9. The number of rotatable bonds is 5. The number of carboxylic acid groups (broad SMARTS) is 1. The lowest BCUT2D eigenvalue weighted by atomic mass is 10.0. The molecule has 146 valence electrons. The molecular weight excluding hydrogens is 384 g/mol. The predicted molar refractivity (Wildman–Crippen MR) is 116 cm³/mol. The number of hydrogen-bond donors (Lipinski definition) is 1. The Morgan fingerprint density at radius 3 is 2.31 bits per heavy atom. The van der Waals surface area contributed by atoms with Crippen LogP contribution in [0.15, 0.2) is 76.7 Å². The van der Waals surface area contributed by atoms with Crippen molar-refractivity contribution < 1.29 is 9.90 Å². The van der Waals surface area contributed by atoms with Crippen LogP contribution in [-0.4, -0.2) is 20.6 Å². The maximum atomic E-state index is 13.2. The number of carbonyl (C=O) groups is 1. The van der Waals surface area contributed by atoms with E-state index in [9.17, 15) is 14.7 Å². The Hall–Kier alpha value is -3.12. The van der Waals surface area contributed by atoms with Crippen LogP contribution in [0.3, 0.4) is 0 Å². The van der Waals surface area contributed by atoms with Crippen molar-refractivity contribution in [2.45, 2.75) is 30.3 Å². The summed E-state index contributed by atoms with van der Waals surface area (Å²) in [4.78, 5) is 30.1. The number of nitrogens with zero attached hydrogens (tertiary/aromatic N) is 2. The normalized spacial score (nSPS) is 13.4. The highest BCUT2D eigenvalue weighted by Crippen LogP contribution is 2.41. The zero-order valence-electron chi connectivity index (χ0n) is 16.1. The van der Waals surface area contributed by atoms with Crippen LogP contribution in [0.25, 0.3) is 21.7 Å². The van der Waals surface area contributed by atoms with Gasteiger partial charge in [0, 0.05) is 6.54 Å². The molecule has 0 fully saturated rings. The fraction of sp³-hybridized carbons (Fsp3) is 0.174. The van der Waals surface area contributed by atoms with Crippen molar-refractivity contribution in [1.82, 2.24) is 9.55 Å². The Morgan fingerprint density at radius 1 is 1.07 bits per heavy atom. The number of aromatic nitrogens is 2. The largest absolute Gasteiger partial charge is 0.480 e. The van der Waals surface area contributed by atoms with Gasteiger partial charge in [0.15, 0.2) is 5.16 Å². The van der Waals surface area contributed by atoms with Gasteiger partial charge in [-0.15, -0.1) is 0 Å². The van der Waals surface area contributed by atoms with Gasteiger partial charge in [-0.3, -0.25) is 14.2 Å². The monoisotopic (exact) mass is 404 g/mol. The zero-order chi connectivity index (χ0) is 20.6. The third-order valence-electron chi connectivity index (χ3n) is 5.13. The number of aliphatic carboxylic acids is 1. The minimum Gasteiger partial charge on any atom is -0.480 e. The highest BCUT2D eigenvalue weighted by molar-refractivity contribution is 8.00. The molecule has 0 amide bonds. The third kappa shape index (κ3) is 3.29. The second-order valence-electron chi connectivity index (χ2n) is 6.97. The summed E-state index contributed by atoms with van der Waals surface area (Å²) in [6, 6.07) is 20.6. The molecule has 0 saturated carbocycles. The smallest absolute Gasteiger partial charge is 0.324 e. The standard InChI is InChI=1S/C23H20N2O3S/c1-3-25-20(26)18-13-15-9-7-8-10-16(15)14-19(18)24-22(25)29-23(2,21(27)28)17-11-5-4-6-12-17/h4-14H,3H2,1-2H3,(H,27,28). The summed E-state index contributed by atoms with van der Waals surface area (Å²) in [7, 11) is 0. The Balaban J connectivity index is 1.93. The lowest BCUT2D eigenvalue weighted by Gasteiger charge is -2.25. The van der Waals surface area contributed by atoms with Gasteiger partial charge in [-0.05, 0) is 42.3 Å². The average molecular weight is 404 g/mol. The van der Waals surface area contributed by atoms with Gasteiger partial charge in [0.1, 0.15) is 4.75 Å². The van der Waals surface area contributed by atoms with E-state index in [4.69, 9.17) is 4.98 Å². The van der Waals surface area contributed by atoms with E-state index in [0.717, 1.165) is 22.5 Å². The maximum Gasteiger partial charge on any atom is 0.324 e. The number of thioether (sulfide) groups is 1. The summed E-state index contributed by atoms with van der Waals surface area (Å²) in [5.41, 5.74) is 1.06. The first-order chi connectivity index (χ1) is 13.9. The summed E-state index contributed by atoms with van der Waals surface area (Å²) in [5, 5.41) is 12.9. The molecule has 6 heteroatoms. The molecule has 3 aromatic carbocycles. The Morgan fingerprint density at radius 2 is 1.69 bits per heavy atom. The van der Waals surface area contributed by atoms with E-state index < -0.39 is 10.7 Å². The molecule has 4 aromatic rings. The van der Waals surface area contributed by atoms with Gasteiger partial charge in [-0.1, -0.05) is 66.4 Å². The fourth-order valence-corrected chi connectivity index (χ4v) is 4.58. The van der Waals surface area contributed by atoms with E-state index in [-0.39, 0.29) is 5.56 Å². The second-order valence-corrected chi connectivity index (χ2v) is 8.35. The van der Waals surface area contributed by atoms with Crippen molar-refractivity contribution in [3.05, 3.63) is 82.6 Å². The molecule has 1 heterocycles. The summed E-state index contributed by atoms with van der Waals surface area (Å²) in [6.07, 6.45) is 0. The molecule has 0 saturated heterocycles. The van der Waals surface area contributed by atoms with E-state index in [2.05, 4.69) is 0 Å². The lowest BCUT2D eigenvalue weighted by molar-refractivity contribution is -0.139. The summed E-state index contributed by atoms with van der Waals surface area (Å²) >= 11 is 1.09. The number of carboxylic acids is 1. The van der Waals surface area contributed by atoms with Crippen LogP contribution in [0, 0.1) is 0 Å². The van der Waals surface area contributed by atoms with Crippen LogP contribution in [0.1, 0.15) is 19.4 Å². The minimum absolute atomic E-state index is 0.161. The molecule has 1 N–H and O–H groups in total. The Bertz CT molecular complexity index is 1280. The predicted octanol–water partition coefficient (Wildman–Crippen LogP) is 4.66. The highest BCUT2D eigenvalue weighted by Gasteiger charge is 2.38. The van der Waals surface area contributed by atoms with Crippen LogP contribution < -0.4 is 5.56 Å². The van der Waals surface area contributed by atoms with Gasteiger partial charge in [0.05, 0.1) is 10.9 Å². The molecule has 0 aliphatic carbocycles. The second kappa shape index (κ2) is 7.37. The van der Waals surface area contributed by atoms with Gasteiger partial charge in [0.2, 0.25) is 0 Å². The summed E-state index contributed by atoms with van der Waals surface area (Å²) in [5.74, 6) is -0.982. The molecule has 0 radical (unpaired) electrons. The van der Waals surface area contributed by atoms with Crippen molar-refractivity contribution in [3.63, 3.8) is 0 Å². The van der Waals surface area contributed by atoms with Crippen molar-refractivity contribution >= 4 is 39.4 Å². The van der Waals surface area contributed by atoms with Crippen LogP contribution in [-0.2, 0) is 16.1 Å². The van der Waals surface area contributed by atoms with E-state index >= 15 is 0 Å². The fourth-order valence-electron chi connectivity index (χ4n) is 3.41. The van der Waals surface area contributed by atoms with Crippen molar-refractivity contribution in [1.29, 1.82) is 0 Å². The average Bonchev–Trinajstić information content (AvgIpc) is 2.73. The molecule has 1 atom stereocenters. The highest BCUT2D eigenvalue weighted by atomic mass is 32.2. The van der Waals surface area contributed by atoms with Gasteiger partial charge >= 0.3 is 5.97 Å². The molecule has 1 aromatic heterocycles. The number of hydrogen-bond acceptors (Lipinski definition) is 4. The molecule has 0 aliphatic rings. The van der Waals surface area contributed by atoms with Crippen LogP contribution in [0.4, 0.5) is 0 Å². The summed E-state index contributed by atoms with van der Waals surface area (Å²) < 4.78 is 0.272.